The first-order valence-electron chi connectivity index (χ1n) is 9.95. The summed E-state index contributed by atoms with van der Waals surface area (Å²) in [5.41, 5.74) is 0.194. The number of hydrogen-bond donors (Lipinski definition) is 1. The predicted molar refractivity (Wildman–Crippen MR) is 103 cm³/mol. The second-order valence-electron chi connectivity index (χ2n) is 7.46. The smallest absolute Gasteiger partial charge is 0.410 e. The number of halogens is 2. The number of rotatable bonds is 6. The lowest BCUT2D eigenvalue weighted by Crippen LogP contribution is -2.51. The average molecular weight is 411 g/mol. The van der Waals surface area contributed by atoms with Crippen LogP contribution in [-0.2, 0) is 4.74 Å². The molecule has 3 amide bonds. The van der Waals surface area contributed by atoms with Crippen molar-refractivity contribution in [3.05, 3.63) is 24.3 Å². The molecule has 1 aromatic carbocycles. The minimum absolute atomic E-state index is 0.0301. The number of carbonyl (C=O) groups excluding carboxylic acids is 2. The van der Waals surface area contributed by atoms with Gasteiger partial charge in [0.15, 0.2) is 0 Å². The van der Waals surface area contributed by atoms with Crippen LogP contribution >= 0.6 is 0 Å². The van der Waals surface area contributed by atoms with E-state index in [4.69, 9.17) is 4.74 Å². The zero-order valence-corrected chi connectivity index (χ0v) is 16.6. The molecule has 2 saturated heterocycles. The third-order valence-electron chi connectivity index (χ3n) is 5.74. The highest BCUT2D eigenvalue weighted by Gasteiger charge is 2.41. The molecular weight excluding hydrogens is 384 g/mol. The third kappa shape index (κ3) is 4.89. The number of para-hydroxylation sites is 2. The predicted octanol–water partition coefficient (Wildman–Crippen LogP) is 4.15. The molecule has 9 heteroatoms. The number of urea groups is 1. The van der Waals surface area contributed by atoms with Gasteiger partial charge in [-0.25, -0.2) is 9.59 Å². The van der Waals surface area contributed by atoms with E-state index in [-0.39, 0.29) is 35.6 Å². The van der Waals surface area contributed by atoms with Crippen LogP contribution in [0.4, 0.5) is 24.1 Å². The van der Waals surface area contributed by atoms with Gasteiger partial charge in [0.2, 0.25) is 0 Å². The Morgan fingerprint density at radius 3 is 2.66 bits per heavy atom. The fraction of sp³-hybridized carbons (Fsp3) is 0.600. The second kappa shape index (κ2) is 9.28. The first-order chi connectivity index (χ1) is 13.9. The number of anilines is 1. The summed E-state index contributed by atoms with van der Waals surface area (Å²) in [5.74, 6) is 0.260. The normalized spacial score (nSPS) is 21.3. The lowest BCUT2D eigenvalue weighted by atomic mass is 9.95. The van der Waals surface area contributed by atoms with Crippen molar-refractivity contribution in [2.24, 2.45) is 5.92 Å². The summed E-state index contributed by atoms with van der Waals surface area (Å²) in [5, 5.41) is 2.64. The number of likely N-dealkylation sites (tertiary alicyclic amines) is 1. The number of nitrogens with zero attached hydrogens (tertiary/aromatic N) is 2. The summed E-state index contributed by atoms with van der Waals surface area (Å²) in [4.78, 5) is 28.3. The number of alkyl halides is 2. The van der Waals surface area contributed by atoms with Crippen LogP contribution in [0.3, 0.4) is 0 Å². The molecule has 1 N–H and O–H groups in total. The molecule has 0 aliphatic carbocycles. The number of ether oxygens (including phenoxy) is 2. The Kier molecular flexibility index (Phi) is 6.76. The van der Waals surface area contributed by atoms with Crippen molar-refractivity contribution in [2.75, 3.05) is 25.0 Å². The Morgan fingerprint density at radius 2 is 2.00 bits per heavy atom. The maximum absolute atomic E-state index is 12.6. The maximum Gasteiger partial charge on any atom is 0.410 e. The van der Waals surface area contributed by atoms with Crippen LogP contribution in [0.25, 0.3) is 0 Å². The summed E-state index contributed by atoms with van der Waals surface area (Å²) in [6.45, 7) is 2.57. The summed E-state index contributed by atoms with van der Waals surface area (Å²) in [7, 11) is 0. The lowest BCUT2D eigenvalue weighted by molar-refractivity contribution is -0.0493. The number of hydrogen-bond acceptors (Lipinski definition) is 4. The van der Waals surface area contributed by atoms with E-state index in [1.54, 1.807) is 17.0 Å². The second-order valence-corrected chi connectivity index (χ2v) is 7.46. The molecule has 2 aliphatic heterocycles. The molecule has 0 radical (unpaired) electrons. The summed E-state index contributed by atoms with van der Waals surface area (Å²) < 4.78 is 34.8. The Balaban J connectivity index is 1.58. The molecule has 2 aliphatic rings. The standard InChI is InChI=1S/C20H27F2N3O4/c1-3-13(2)16-12-28-20(27)25(16)14-8-10-24(11-9-14)19(26)23-15-6-4-5-7-17(15)29-18(21)22/h4-7,13-14,16,18H,3,8-12H2,1-2H3,(H,23,26)/t13-,16+/m0/s1. The largest absolute Gasteiger partial charge is 0.447 e. The molecule has 1 aromatic rings. The van der Waals surface area contributed by atoms with E-state index >= 15 is 0 Å². The Bertz CT molecular complexity index is 725. The van der Waals surface area contributed by atoms with Gasteiger partial charge in [0.25, 0.3) is 0 Å². The van der Waals surface area contributed by atoms with Crippen LogP contribution in [0.2, 0.25) is 0 Å². The van der Waals surface area contributed by atoms with Gasteiger partial charge in [0.05, 0.1) is 11.7 Å². The van der Waals surface area contributed by atoms with Gasteiger partial charge in [-0.1, -0.05) is 32.4 Å². The van der Waals surface area contributed by atoms with Gasteiger partial charge in [0, 0.05) is 19.1 Å². The quantitative estimate of drug-likeness (QED) is 0.763. The first kappa shape index (κ1) is 21.1. The van der Waals surface area contributed by atoms with Crippen molar-refractivity contribution in [2.45, 2.75) is 51.8 Å². The summed E-state index contributed by atoms with van der Waals surface area (Å²) >= 11 is 0. The Hall–Kier alpha value is -2.58. The van der Waals surface area contributed by atoms with Crippen molar-refractivity contribution in [3.8, 4) is 5.75 Å². The van der Waals surface area contributed by atoms with E-state index in [0.29, 0.717) is 38.5 Å². The van der Waals surface area contributed by atoms with Gasteiger partial charge in [-0.3, -0.25) is 4.90 Å². The number of nitrogens with one attached hydrogen (secondary N) is 1. The molecule has 2 heterocycles. The topological polar surface area (TPSA) is 71.1 Å². The summed E-state index contributed by atoms with van der Waals surface area (Å²) in [6.07, 6.45) is 1.96. The maximum atomic E-state index is 12.6. The van der Waals surface area contributed by atoms with Crippen LogP contribution in [0.1, 0.15) is 33.1 Å². The molecule has 2 fully saturated rings. The molecule has 0 spiro atoms. The third-order valence-corrected chi connectivity index (χ3v) is 5.74. The summed E-state index contributed by atoms with van der Waals surface area (Å²) in [6, 6.07) is 5.80. The number of cyclic esters (lactones) is 1. The molecule has 3 rings (SSSR count). The highest BCUT2D eigenvalue weighted by molar-refractivity contribution is 5.91. The van der Waals surface area contributed by atoms with Gasteiger partial charge in [-0.2, -0.15) is 8.78 Å². The molecule has 7 nitrogen and oxygen atoms in total. The molecular formula is C20H27F2N3O4. The molecule has 0 unspecified atom stereocenters. The lowest BCUT2D eigenvalue weighted by Gasteiger charge is -2.39. The molecule has 160 valence electrons. The molecule has 29 heavy (non-hydrogen) atoms. The average Bonchev–Trinajstić information content (AvgIpc) is 3.10. The van der Waals surface area contributed by atoms with Crippen molar-refractivity contribution < 1.29 is 27.8 Å². The molecule has 0 bridgehead atoms. The fourth-order valence-electron chi connectivity index (χ4n) is 3.89. The van der Waals surface area contributed by atoms with Crippen LogP contribution in [-0.4, -0.2) is 60.3 Å². The van der Waals surface area contributed by atoms with Crippen molar-refractivity contribution >= 4 is 17.8 Å². The molecule has 0 aromatic heterocycles. The minimum atomic E-state index is -2.97. The monoisotopic (exact) mass is 411 g/mol. The first-order valence-corrected chi connectivity index (χ1v) is 9.95. The van der Waals surface area contributed by atoms with E-state index in [9.17, 15) is 18.4 Å². The van der Waals surface area contributed by atoms with Crippen LogP contribution < -0.4 is 10.1 Å². The Morgan fingerprint density at radius 1 is 1.31 bits per heavy atom. The van der Waals surface area contributed by atoms with Crippen molar-refractivity contribution in [1.82, 2.24) is 9.80 Å². The number of carbonyl (C=O) groups is 2. The van der Waals surface area contributed by atoms with Gasteiger partial charge in [-0.05, 0) is 30.9 Å². The zero-order valence-electron chi connectivity index (χ0n) is 16.6. The highest BCUT2D eigenvalue weighted by Crippen LogP contribution is 2.30. The minimum Gasteiger partial charge on any atom is -0.447 e. The van der Waals surface area contributed by atoms with E-state index in [0.717, 1.165) is 6.42 Å². The fourth-order valence-corrected chi connectivity index (χ4v) is 3.89. The van der Waals surface area contributed by atoms with Crippen LogP contribution in [0.5, 0.6) is 5.75 Å². The van der Waals surface area contributed by atoms with Crippen LogP contribution in [0.15, 0.2) is 24.3 Å². The SMILES string of the molecule is CC[C@H](C)[C@H]1COC(=O)N1C1CCN(C(=O)Nc2ccccc2OC(F)F)CC1. The highest BCUT2D eigenvalue weighted by atomic mass is 19.3. The van der Waals surface area contributed by atoms with Crippen molar-refractivity contribution in [3.63, 3.8) is 0 Å². The van der Waals surface area contributed by atoms with Gasteiger partial charge in [-0.15, -0.1) is 0 Å². The van der Waals surface area contributed by atoms with E-state index in [1.807, 2.05) is 4.90 Å². The van der Waals surface area contributed by atoms with Gasteiger partial charge in [0.1, 0.15) is 12.4 Å². The zero-order chi connectivity index (χ0) is 21.0. The van der Waals surface area contributed by atoms with Crippen molar-refractivity contribution in [1.29, 1.82) is 0 Å². The molecule has 2 atom stereocenters. The van der Waals surface area contributed by atoms with E-state index in [1.165, 1.54) is 12.1 Å². The Labute approximate surface area is 168 Å². The van der Waals surface area contributed by atoms with Crippen LogP contribution in [0, 0.1) is 5.92 Å². The van der Waals surface area contributed by atoms with Gasteiger partial charge < -0.3 is 19.7 Å². The van der Waals surface area contributed by atoms with E-state index < -0.39 is 6.61 Å². The van der Waals surface area contributed by atoms with E-state index in [2.05, 4.69) is 23.9 Å². The number of piperidine rings is 1. The number of benzene rings is 1. The number of amides is 3. The van der Waals surface area contributed by atoms with Gasteiger partial charge >= 0.3 is 18.7 Å². The molecule has 0 saturated carbocycles.